The predicted molar refractivity (Wildman–Crippen MR) is 144 cm³/mol. The first-order valence-corrected chi connectivity index (χ1v) is 12.7. The summed E-state index contributed by atoms with van der Waals surface area (Å²) < 4.78 is 8.05. The van der Waals surface area contributed by atoms with E-state index < -0.39 is 17.4 Å². The lowest BCUT2D eigenvalue weighted by atomic mass is 10.1. The molecule has 13 heteroatoms. The molecule has 0 aliphatic heterocycles. The van der Waals surface area contributed by atoms with E-state index in [9.17, 15) is 14.4 Å². The highest BCUT2D eigenvalue weighted by Gasteiger charge is 2.22. The molecule has 5 aromatic rings. The van der Waals surface area contributed by atoms with Crippen LogP contribution in [0.25, 0.3) is 11.3 Å². The molecule has 0 bridgehead atoms. The van der Waals surface area contributed by atoms with Gasteiger partial charge in [-0.3, -0.25) is 14.4 Å². The second kappa shape index (κ2) is 10.7. The molecule has 0 fully saturated rings. The number of benzene rings is 1. The number of nitrogens with zero attached hydrogens (tertiary/aromatic N) is 4. The first-order valence-electron chi connectivity index (χ1n) is 11.1. The van der Waals surface area contributed by atoms with E-state index in [1.807, 2.05) is 6.07 Å². The molecule has 3 N–H and O–H groups in total. The van der Waals surface area contributed by atoms with Crippen molar-refractivity contribution in [2.45, 2.75) is 13.1 Å². The lowest BCUT2D eigenvalue weighted by Gasteiger charge is -2.08. The number of rotatable bonds is 8. The average molecular weight is 569 g/mol. The maximum Gasteiger partial charge on any atom is 0.280 e. The van der Waals surface area contributed by atoms with Crippen LogP contribution in [0.2, 0.25) is 9.36 Å². The first-order chi connectivity index (χ1) is 18.3. The highest BCUT2D eigenvalue weighted by Crippen LogP contribution is 2.28. The quantitative estimate of drug-likeness (QED) is 0.280. The molecule has 38 heavy (non-hydrogen) atoms. The van der Waals surface area contributed by atoms with Gasteiger partial charge in [0.25, 0.3) is 11.5 Å². The van der Waals surface area contributed by atoms with Crippen molar-refractivity contribution in [2.75, 3.05) is 5.32 Å². The summed E-state index contributed by atoms with van der Waals surface area (Å²) in [6.07, 6.45) is 2.96. The van der Waals surface area contributed by atoms with E-state index in [1.165, 1.54) is 46.4 Å². The Balaban J connectivity index is 1.55. The van der Waals surface area contributed by atoms with Gasteiger partial charge in [-0.15, -0.1) is 11.3 Å². The predicted octanol–water partition coefficient (Wildman–Crippen LogP) is 4.52. The summed E-state index contributed by atoms with van der Waals surface area (Å²) in [5, 5.41) is 11.7. The van der Waals surface area contributed by atoms with Crippen molar-refractivity contribution in [3.8, 4) is 11.3 Å². The molecular formula is C25H18Cl2N6O4S. The number of hydrogen-bond acceptors (Lipinski definition) is 8. The third kappa shape index (κ3) is 5.25. The minimum atomic E-state index is -0.608. The highest BCUT2D eigenvalue weighted by molar-refractivity contribution is 7.16. The number of aromatic nitrogens is 4. The van der Waals surface area contributed by atoms with Crippen molar-refractivity contribution in [1.29, 1.82) is 0 Å². The minimum Gasteiger partial charge on any atom is -0.366 e. The molecule has 0 aliphatic carbocycles. The second-order valence-electron chi connectivity index (χ2n) is 8.10. The zero-order chi connectivity index (χ0) is 26.8. The van der Waals surface area contributed by atoms with Gasteiger partial charge in [0.1, 0.15) is 23.5 Å². The molecule has 1 amide bonds. The highest BCUT2D eigenvalue weighted by atomic mass is 35.5. The molecule has 4 aromatic heterocycles. The van der Waals surface area contributed by atoms with Gasteiger partial charge in [-0.2, -0.15) is 9.78 Å². The maximum atomic E-state index is 13.4. The number of halogens is 2. The maximum absolute atomic E-state index is 13.4. The molecule has 0 saturated carbocycles. The number of anilines is 1. The fourth-order valence-corrected chi connectivity index (χ4v) is 4.97. The van der Waals surface area contributed by atoms with Gasteiger partial charge in [0.2, 0.25) is 5.91 Å². The van der Waals surface area contributed by atoms with Crippen LogP contribution < -0.4 is 16.6 Å². The summed E-state index contributed by atoms with van der Waals surface area (Å²) in [5.41, 5.74) is 6.29. The summed E-state index contributed by atoms with van der Waals surface area (Å²) in [4.78, 5) is 39.2. The molecule has 1 aromatic carbocycles. The summed E-state index contributed by atoms with van der Waals surface area (Å²) in [6.45, 7) is 0.519. The van der Waals surface area contributed by atoms with Crippen LogP contribution in [0.3, 0.4) is 0 Å². The molecule has 0 unspecified atom stereocenters. The van der Waals surface area contributed by atoms with Gasteiger partial charge in [0, 0.05) is 34.3 Å². The van der Waals surface area contributed by atoms with Crippen LogP contribution >= 0.6 is 34.5 Å². The van der Waals surface area contributed by atoms with Crippen LogP contribution in [0.15, 0.2) is 76.4 Å². The van der Waals surface area contributed by atoms with Gasteiger partial charge >= 0.3 is 0 Å². The average Bonchev–Trinajstić information content (AvgIpc) is 3.66. The number of carbonyl (C=O) groups is 2. The van der Waals surface area contributed by atoms with Gasteiger partial charge in [0.15, 0.2) is 0 Å². The minimum absolute atomic E-state index is 0.121. The van der Waals surface area contributed by atoms with Crippen molar-refractivity contribution in [1.82, 2.24) is 19.5 Å². The fourth-order valence-electron chi connectivity index (χ4n) is 3.71. The lowest BCUT2D eigenvalue weighted by Crippen LogP contribution is -2.22. The van der Waals surface area contributed by atoms with Crippen LogP contribution in [-0.4, -0.2) is 31.3 Å². The number of carbonyl (C=O) groups excluding carboxylic acids is 2. The third-order valence-corrected chi connectivity index (χ3v) is 7.13. The summed E-state index contributed by atoms with van der Waals surface area (Å²) in [7, 11) is 0. The SMILES string of the molecule is NC(=O)c1ccc(C(=O)n2nc(-c3c(Cl)ccn(Cc4ccon4)c3=O)cc2NCc2ccc(Cl)s2)cc1. The van der Waals surface area contributed by atoms with E-state index in [4.69, 9.17) is 33.5 Å². The Morgan fingerprint density at radius 3 is 2.47 bits per heavy atom. The summed E-state index contributed by atoms with van der Waals surface area (Å²) in [6, 6.07) is 14.3. The van der Waals surface area contributed by atoms with Gasteiger partial charge < -0.3 is 20.1 Å². The van der Waals surface area contributed by atoms with Crippen LogP contribution in [0.5, 0.6) is 0 Å². The van der Waals surface area contributed by atoms with Gasteiger partial charge in [-0.05, 0) is 42.5 Å². The van der Waals surface area contributed by atoms with E-state index in [0.717, 1.165) is 9.56 Å². The van der Waals surface area contributed by atoms with Gasteiger partial charge in [-0.1, -0.05) is 28.4 Å². The molecule has 192 valence electrons. The number of hydrogen-bond donors (Lipinski definition) is 2. The lowest BCUT2D eigenvalue weighted by molar-refractivity contribution is 0.0945. The first kappa shape index (κ1) is 25.5. The number of nitrogens with two attached hydrogens (primary N) is 1. The van der Waals surface area contributed by atoms with Gasteiger partial charge in [-0.25, -0.2) is 0 Å². The third-order valence-electron chi connectivity index (χ3n) is 5.58. The van der Waals surface area contributed by atoms with Crippen molar-refractivity contribution in [3.63, 3.8) is 0 Å². The summed E-state index contributed by atoms with van der Waals surface area (Å²) >= 11 is 13.9. The molecular weight excluding hydrogens is 551 g/mol. The fraction of sp³-hybridized carbons (Fsp3) is 0.0800. The smallest absolute Gasteiger partial charge is 0.280 e. The molecule has 0 aliphatic rings. The Bertz CT molecular complexity index is 1690. The second-order valence-corrected chi connectivity index (χ2v) is 10.3. The zero-order valence-corrected chi connectivity index (χ0v) is 21.8. The molecule has 0 radical (unpaired) electrons. The summed E-state index contributed by atoms with van der Waals surface area (Å²) in [5.74, 6) is -0.771. The van der Waals surface area contributed by atoms with Crippen LogP contribution in [0, 0.1) is 0 Å². The van der Waals surface area contributed by atoms with Crippen LogP contribution in [0.4, 0.5) is 5.82 Å². The Kier molecular flexibility index (Phi) is 7.14. The van der Waals surface area contributed by atoms with E-state index in [2.05, 4.69) is 15.6 Å². The molecule has 0 spiro atoms. The van der Waals surface area contributed by atoms with E-state index in [-0.39, 0.29) is 34.0 Å². The van der Waals surface area contributed by atoms with Crippen molar-refractivity contribution in [3.05, 3.63) is 108 Å². The monoisotopic (exact) mass is 568 g/mol. The molecule has 0 saturated heterocycles. The van der Waals surface area contributed by atoms with E-state index in [0.29, 0.717) is 22.4 Å². The van der Waals surface area contributed by atoms with Crippen molar-refractivity contribution in [2.24, 2.45) is 5.73 Å². The number of primary amides is 1. The number of pyridine rings is 1. The van der Waals surface area contributed by atoms with Crippen LogP contribution in [-0.2, 0) is 13.1 Å². The zero-order valence-electron chi connectivity index (χ0n) is 19.4. The van der Waals surface area contributed by atoms with Crippen molar-refractivity contribution >= 4 is 52.2 Å². The Hall–Kier alpha value is -4.19. The molecule has 0 atom stereocenters. The van der Waals surface area contributed by atoms with Crippen LogP contribution in [0.1, 0.15) is 31.3 Å². The van der Waals surface area contributed by atoms with Gasteiger partial charge in [0.05, 0.1) is 28.0 Å². The molecule has 4 heterocycles. The Morgan fingerprint density at radius 2 is 1.82 bits per heavy atom. The largest absolute Gasteiger partial charge is 0.366 e. The van der Waals surface area contributed by atoms with E-state index >= 15 is 0 Å². The van der Waals surface area contributed by atoms with E-state index in [1.54, 1.807) is 30.5 Å². The number of nitrogens with one attached hydrogen (secondary N) is 1. The van der Waals surface area contributed by atoms with Crippen molar-refractivity contribution < 1.29 is 14.1 Å². The Morgan fingerprint density at radius 1 is 1.05 bits per heavy atom. The topological polar surface area (TPSA) is 138 Å². The standard InChI is InChI=1S/C25H18Cl2N6O4S/c26-18-7-9-32(13-16-8-10-37-31-16)25(36)22(18)19-11-21(29-12-17-5-6-20(27)38-17)33(30-19)24(35)15-3-1-14(2-4-15)23(28)34/h1-11,29H,12-13H2,(H2,28,34). The molecule has 5 rings (SSSR count). The number of thiophene rings is 1. The molecule has 10 nitrogen and oxygen atoms in total. The normalized spacial score (nSPS) is 11.0. The number of amides is 1. The Labute approximate surface area is 229 Å².